The zero-order valence-electron chi connectivity index (χ0n) is 8.95. The number of halogens is 1. The lowest BCUT2D eigenvalue weighted by Crippen LogP contribution is -2.33. The summed E-state index contributed by atoms with van der Waals surface area (Å²) in [5, 5.41) is 7.91. The molecule has 5 heteroatoms. The van der Waals surface area contributed by atoms with Crippen LogP contribution in [0, 0.1) is 0 Å². The second-order valence-electron chi connectivity index (χ2n) is 3.84. The molecule has 0 aromatic carbocycles. The van der Waals surface area contributed by atoms with Crippen molar-refractivity contribution < 1.29 is 4.42 Å². The predicted molar refractivity (Wildman–Crippen MR) is 59.1 cm³/mol. The molecule has 1 fully saturated rings. The number of nitrogens with zero attached hydrogens (tertiary/aromatic N) is 3. The van der Waals surface area contributed by atoms with Crippen molar-refractivity contribution in [2.75, 3.05) is 11.4 Å². The molecule has 0 saturated heterocycles. The highest BCUT2D eigenvalue weighted by atomic mass is 35.5. The summed E-state index contributed by atoms with van der Waals surface area (Å²) in [7, 11) is 0. The summed E-state index contributed by atoms with van der Waals surface area (Å²) in [5.74, 6) is 0.790. The van der Waals surface area contributed by atoms with E-state index in [4.69, 9.17) is 16.0 Å². The Bertz CT molecular complexity index is 309. The second kappa shape index (κ2) is 4.84. The highest BCUT2D eigenvalue weighted by Crippen LogP contribution is 2.27. The van der Waals surface area contributed by atoms with Gasteiger partial charge in [-0.05, 0) is 19.8 Å². The first-order valence-corrected chi connectivity index (χ1v) is 6.03. The van der Waals surface area contributed by atoms with Gasteiger partial charge in [0.1, 0.15) is 5.88 Å². The smallest absolute Gasteiger partial charge is 0.318 e. The fourth-order valence-corrected chi connectivity index (χ4v) is 2.29. The normalized spacial score (nSPS) is 17.2. The lowest BCUT2D eigenvalue weighted by atomic mass is 10.2. The topological polar surface area (TPSA) is 42.2 Å². The van der Waals surface area contributed by atoms with E-state index in [9.17, 15) is 0 Å². The van der Waals surface area contributed by atoms with Crippen molar-refractivity contribution >= 4 is 17.6 Å². The van der Waals surface area contributed by atoms with Crippen LogP contribution in [-0.4, -0.2) is 22.8 Å². The van der Waals surface area contributed by atoms with Gasteiger partial charge in [0.2, 0.25) is 5.89 Å². The Morgan fingerprint density at radius 2 is 2.13 bits per heavy atom. The number of anilines is 1. The van der Waals surface area contributed by atoms with Crippen LogP contribution in [0.2, 0.25) is 0 Å². The van der Waals surface area contributed by atoms with Crippen molar-refractivity contribution in [1.29, 1.82) is 0 Å². The van der Waals surface area contributed by atoms with Gasteiger partial charge in [-0.25, -0.2) is 0 Å². The van der Waals surface area contributed by atoms with Crippen LogP contribution in [0.4, 0.5) is 6.01 Å². The van der Waals surface area contributed by atoms with Gasteiger partial charge in [0.05, 0.1) is 0 Å². The average molecular weight is 230 g/mol. The molecule has 1 saturated carbocycles. The van der Waals surface area contributed by atoms with Gasteiger partial charge < -0.3 is 9.32 Å². The van der Waals surface area contributed by atoms with Gasteiger partial charge in [-0.3, -0.25) is 0 Å². The van der Waals surface area contributed by atoms with Crippen LogP contribution in [-0.2, 0) is 5.88 Å². The summed E-state index contributed by atoms with van der Waals surface area (Å²) in [4.78, 5) is 2.19. The van der Waals surface area contributed by atoms with E-state index in [-0.39, 0.29) is 5.88 Å². The SMILES string of the molecule is CCN(c1nnc(CCl)o1)C1CCCC1. The standard InChI is InChI=1S/C10H16ClN3O/c1-2-14(8-5-3-4-6-8)10-13-12-9(7-11)15-10/h8H,2-7H2,1H3. The third kappa shape index (κ3) is 2.25. The molecule has 1 aromatic heterocycles. The molecule has 0 radical (unpaired) electrons. The molecule has 1 heterocycles. The fourth-order valence-electron chi connectivity index (χ4n) is 2.18. The number of rotatable bonds is 4. The Morgan fingerprint density at radius 3 is 2.67 bits per heavy atom. The van der Waals surface area contributed by atoms with Gasteiger partial charge in [0, 0.05) is 12.6 Å². The third-order valence-electron chi connectivity index (χ3n) is 2.92. The molecule has 0 unspecified atom stereocenters. The van der Waals surface area contributed by atoms with Crippen molar-refractivity contribution in [2.24, 2.45) is 0 Å². The fraction of sp³-hybridized carbons (Fsp3) is 0.800. The monoisotopic (exact) mass is 229 g/mol. The van der Waals surface area contributed by atoms with Crippen molar-refractivity contribution in [3.05, 3.63) is 5.89 Å². The minimum atomic E-state index is 0.287. The lowest BCUT2D eigenvalue weighted by molar-refractivity contribution is 0.474. The molecular formula is C10H16ClN3O. The van der Waals surface area contributed by atoms with Crippen molar-refractivity contribution in [2.45, 2.75) is 44.5 Å². The highest BCUT2D eigenvalue weighted by Gasteiger charge is 2.25. The van der Waals surface area contributed by atoms with E-state index in [0.717, 1.165) is 6.54 Å². The minimum Gasteiger partial charge on any atom is -0.407 e. The first-order chi connectivity index (χ1) is 7.35. The van der Waals surface area contributed by atoms with E-state index in [1.807, 2.05) is 0 Å². The predicted octanol–water partition coefficient (Wildman–Crippen LogP) is 2.58. The van der Waals surface area contributed by atoms with E-state index >= 15 is 0 Å². The van der Waals surface area contributed by atoms with E-state index in [2.05, 4.69) is 22.0 Å². The molecule has 2 rings (SSSR count). The Morgan fingerprint density at radius 1 is 1.40 bits per heavy atom. The number of hydrogen-bond acceptors (Lipinski definition) is 4. The van der Waals surface area contributed by atoms with Gasteiger partial charge in [-0.2, -0.15) is 0 Å². The van der Waals surface area contributed by atoms with Gasteiger partial charge in [0.15, 0.2) is 0 Å². The van der Waals surface area contributed by atoms with Crippen molar-refractivity contribution in [1.82, 2.24) is 10.2 Å². The summed E-state index contributed by atoms with van der Waals surface area (Å²) in [6.07, 6.45) is 5.06. The highest BCUT2D eigenvalue weighted by molar-refractivity contribution is 6.16. The first kappa shape index (κ1) is 10.7. The van der Waals surface area contributed by atoms with Crippen LogP contribution in [0.1, 0.15) is 38.5 Å². The summed E-state index contributed by atoms with van der Waals surface area (Å²) < 4.78 is 5.47. The third-order valence-corrected chi connectivity index (χ3v) is 3.15. The Kier molecular flexibility index (Phi) is 3.46. The maximum absolute atomic E-state index is 5.63. The molecular weight excluding hydrogens is 214 g/mol. The molecule has 0 aliphatic heterocycles. The van der Waals surface area contributed by atoms with Crippen LogP contribution in [0.15, 0.2) is 4.42 Å². The van der Waals surface area contributed by atoms with Crippen LogP contribution in [0.5, 0.6) is 0 Å². The Hall–Kier alpha value is -0.770. The molecule has 0 amide bonds. The number of hydrogen-bond donors (Lipinski definition) is 0. The van der Waals surface area contributed by atoms with E-state index in [1.165, 1.54) is 25.7 Å². The molecule has 4 nitrogen and oxygen atoms in total. The summed E-state index contributed by atoms with van der Waals surface area (Å²) >= 11 is 5.63. The second-order valence-corrected chi connectivity index (χ2v) is 4.10. The average Bonchev–Trinajstić information content (AvgIpc) is 2.89. The molecule has 0 atom stereocenters. The van der Waals surface area contributed by atoms with Gasteiger partial charge in [0.25, 0.3) is 0 Å². The van der Waals surface area contributed by atoms with Gasteiger partial charge in [-0.1, -0.05) is 17.9 Å². The van der Waals surface area contributed by atoms with Crippen LogP contribution >= 0.6 is 11.6 Å². The van der Waals surface area contributed by atoms with E-state index < -0.39 is 0 Å². The van der Waals surface area contributed by atoms with Crippen molar-refractivity contribution in [3.63, 3.8) is 0 Å². The molecule has 1 aromatic rings. The zero-order valence-corrected chi connectivity index (χ0v) is 9.70. The lowest BCUT2D eigenvalue weighted by Gasteiger charge is -2.24. The largest absolute Gasteiger partial charge is 0.407 e. The van der Waals surface area contributed by atoms with E-state index in [0.29, 0.717) is 17.9 Å². The van der Waals surface area contributed by atoms with E-state index in [1.54, 1.807) is 0 Å². The van der Waals surface area contributed by atoms with Gasteiger partial charge >= 0.3 is 6.01 Å². The zero-order chi connectivity index (χ0) is 10.7. The maximum atomic E-state index is 5.63. The number of aromatic nitrogens is 2. The molecule has 0 N–H and O–H groups in total. The van der Waals surface area contributed by atoms with Crippen LogP contribution in [0.25, 0.3) is 0 Å². The molecule has 84 valence electrons. The Balaban J connectivity index is 2.10. The van der Waals surface area contributed by atoms with Crippen LogP contribution in [0.3, 0.4) is 0 Å². The van der Waals surface area contributed by atoms with Crippen LogP contribution < -0.4 is 4.90 Å². The Labute approximate surface area is 94.6 Å². The van der Waals surface area contributed by atoms with Crippen molar-refractivity contribution in [3.8, 4) is 0 Å². The first-order valence-electron chi connectivity index (χ1n) is 5.50. The summed E-state index contributed by atoms with van der Waals surface area (Å²) in [5.41, 5.74) is 0. The molecule has 1 aliphatic carbocycles. The summed E-state index contributed by atoms with van der Waals surface area (Å²) in [6.45, 7) is 3.03. The van der Waals surface area contributed by atoms with Gasteiger partial charge in [-0.15, -0.1) is 16.7 Å². The molecule has 1 aliphatic rings. The minimum absolute atomic E-state index is 0.287. The maximum Gasteiger partial charge on any atom is 0.318 e. The molecule has 0 spiro atoms. The quantitative estimate of drug-likeness (QED) is 0.745. The summed E-state index contributed by atoms with van der Waals surface area (Å²) in [6, 6.07) is 1.19. The number of alkyl halides is 1. The molecule has 0 bridgehead atoms. The molecule has 15 heavy (non-hydrogen) atoms.